The van der Waals surface area contributed by atoms with Crippen LogP contribution in [0.3, 0.4) is 0 Å². The summed E-state index contributed by atoms with van der Waals surface area (Å²) >= 11 is 0. The van der Waals surface area contributed by atoms with Gasteiger partial charge in [-0.1, -0.05) is 34.1 Å². The normalized spacial score (nSPS) is 58.7. The Balaban J connectivity index is 1.98. The summed E-state index contributed by atoms with van der Waals surface area (Å²) < 4.78 is 0. The van der Waals surface area contributed by atoms with Gasteiger partial charge in [0, 0.05) is 0 Å². The van der Waals surface area contributed by atoms with Crippen LogP contribution in [0.1, 0.15) is 53.4 Å². The first-order chi connectivity index (χ1) is 7.40. The van der Waals surface area contributed by atoms with Gasteiger partial charge in [0.05, 0.1) is 6.10 Å². The van der Waals surface area contributed by atoms with Crippen LogP contribution < -0.4 is 0 Å². The Morgan fingerprint density at radius 2 is 1.69 bits per heavy atom. The van der Waals surface area contributed by atoms with Crippen molar-refractivity contribution in [3.05, 3.63) is 0 Å². The quantitative estimate of drug-likeness (QED) is 0.665. The predicted molar refractivity (Wildman–Crippen MR) is 66.0 cm³/mol. The van der Waals surface area contributed by atoms with Crippen LogP contribution in [0.2, 0.25) is 0 Å². The summed E-state index contributed by atoms with van der Waals surface area (Å²) in [4.78, 5) is 0. The molecule has 0 amide bonds. The Kier molecular flexibility index (Phi) is 2.11. The topological polar surface area (TPSA) is 20.2 Å². The fourth-order valence-electron chi connectivity index (χ4n) is 5.67. The van der Waals surface area contributed by atoms with Crippen LogP contribution in [-0.4, -0.2) is 11.2 Å². The second kappa shape index (κ2) is 3.04. The molecule has 1 N–H and O–H groups in total. The molecular weight excluding hydrogens is 196 g/mol. The van der Waals surface area contributed by atoms with E-state index in [4.69, 9.17) is 0 Å². The Bertz CT molecular complexity index is 309. The summed E-state index contributed by atoms with van der Waals surface area (Å²) in [5, 5.41) is 10.4. The van der Waals surface area contributed by atoms with Gasteiger partial charge in [0.25, 0.3) is 0 Å². The molecule has 16 heavy (non-hydrogen) atoms. The van der Waals surface area contributed by atoms with Crippen LogP contribution in [0.5, 0.6) is 0 Å². The molecule has 6 atom stereocenters. The standard InChI is InChI=1S/C15H26O/c1-9-8-12(16)10-6-5-7-11(10)13-14(2,3)15(9,13)4/h9-13,16H,5-8H2,1-4H3. The van der Waals surface area contributed by atoms with E-state index in [9.17, 15) is 5.11 Å². The van der Waals surface area contributed by atoms with Crippen molar-refractivity contribution in [3.8, 4) is 0 Å². The van der Waals surface area contributed by atoms with Crippen LogP contribution in [0.15, 0.2) is 0 Å². The van der Waals surface area contributed by atoms with Crippen molar-refractivity contribution in [2.75, 3.05) is 0 Å². The van der Waals surface area contributed by atoms with Crippen molar-refractivity contribution in [3.63, 3.8) is 0 Å². The summed E-state index contributed by atoms with van der Waals surface area (Å²) in [5.74, 6) is 3.00. The SMILES string of the molecule is CC1CC(O)C2CCCC2C2C(C)(C)C12C. The highest BCUT2D eigenvalue weighted by atomic mass is 16.3. The van der Waals surface area contributed by atoms with Crippen LogP contribution in [0.25, 0.3) is 0 Å². The van der Waals surface area contributed by atoms with Gasteiger partial charge in [0.1, 0.15) is 0 Å². The van der Waals surface area contributed by atoms with Crippen LogP contribution >= 0.6 is 0 Å². The second-order valence-corrected chi connectivity index (χ2v) is 7.44. The number of rotatable bonds is 0. The number of aliphatic hydroxyl groups excluding tert-OH is 1. The Hall–Kier alpha value is -0.0400. The van der Waals surface area contributed by atoms with Crippen LogP contribution in [-0.2, 0) is 0 Å². The molecule has 6 unspecified atom stereocenters. The molecular formula is C15H26O. The van der Waals surface area contributed by atoms with Gasteiger partial charge in [-0.2, -0.15) is 0 Å². The van der Waals surface area contributed by atoms with E-state index in [0.29, 0.717) is 22.7 Å². The zero-order valence-corrected chi connectivity index (χ0v) is 11.2. The maximum absolute atomic E-state index is 10.4. The van der Waals surface area contributed by atoms with Crippen LogP contribution in [0.4, 0.5) is 0 Å². The van der Waals surface area contributed by atoms with E-state index >= 15 is 0 Å². The summed E-state index contributed by atoms with van der Waals surface area (Å²) in [6.45, 7) is 9.77. The van der Waals surface area contributed by atoms with E-state index in [-0.39, 0.29) is 6.10 Å². The summed E-state index contributed by atoms with van der Waals surface area (Å²) in [5.41, 5.74) is 1.01. The van der Waals surface area contributed by atoms with Crippen LogP contribution in [0, 0.1) is 34.5 Å². The van der Waals surface area contributed by atoms with E-state index in [1.165, 1.54) is 19.3 Å². The molecule has 0 aromatic heterocycles. The molecule has 0 heterocycles. The van der Waals surface area contributed by atoms with Gasteiger partial charge in [-0.3, -0.25) is 0 Å². The zero-order chi connectivity index (χ0) is 11.7. The molecule has 0 bridgehead atoms. The van der Waals surface area contributed by atoms with Gasteiger partial charge in [-0.05, 0) is 53.8 Å². The summed E-state index contributed by atoms with van der Waals surface area (Å²) in [7, 11) is 0. The molecule has 0 saturated heterocycles. The Morgan fingerprint density at radius 1 is 1.06 bits per heavy atom. The molecule has 0 aromatic rings. The third-order valence-electron chi connectivity index (χ3n) is 6.89. The van der Waals surface area contributed by atoms with Gasteiger partial charge in [0.2, 0.25) is 0 Å². The molecule has 1 heteroatoms. The average Bonchev–Trinajstić information content (AvgIpc) is 2.59. The van der Waals surface area contributed by atoms with Gasteiger partial charge >= 0.3 is 0 Å². The summed E-state index contributed by atoms with van der Waals surface area (Å²) in [6.07, 6.45) is 5.03. The molecule has 1 nitrogen and oxygen atoms in total. The first kappa shape index (κ1) is 11.1. The van der Waals surface area contributed by atoms with E-state index in [0.717, 1.165) is 18.3 Å². The third kappa shape index (κ3) is 1.06. The van der Waals surface area contributed by atoms with Gasteiger partial charge in [0.15, 0.2) is 0 Å². The Morgan fingerprint density at radius 3 is 2.38 bits per heavy atom. The van der Waals surface area contributed by atoms with Gasteiger partial charge < -0.3 is 5.11 Å². The lowest BCUT2D eigenvalue weighted by atomic mass is 9.80. The number of hydrogen-bond acceptors (Lipinski definition) is 1. The second-order valence-electron chi connectivity index (χ2n) is 7.44. The largest absolute Gasteiger partial charge is 0.393 e. The Labute approximate surface area is 99.6 Å². The molecule has 0 spiro atoms. The lowest BCUT2D eigenvalue weighted by Crippen LogP contribution is -2.27. The number of fused-ring (bicyclic) bond motifs is 3. The minimum atomic E-state index is -0.0112. The number of aliphatic hydroxyl groups is 1. The van der Waals surface area contributed by atoms with Crippen molar-refractivity contribution in [2.45, 2.75) is 59.5 Å². The first-order valence-corrected chi connectivity index (χ1v) is 7.08. The van der Waals surface area contributed by atoms with E-state index in [1.807, 2.05) is 0 Å². The maximum atomic E-state index is 10.4. The fraction of sp³-hybridized carbons (Fsp3) is 1.00. The van der Waals surface area contributed by atoms with Crippen molar-refractivity contribution in [1.82, 2.24) is 0 Å². The highest BCUT2D eigenvalue weighted by Gasteiger charge is 2.73. The molecule has 3 rings (SSSR count). The highest BCUT2D eigenvalue weighted by Crippen LogP contribution is 2.78. The highest BCUT2D eigenvalue weighted by molar-refractivity contribution is 5.21. The van der Waals surface area contributed by atoms with Gasteiger partial charge in [-0.25, -0.2) is 0 Å². The monoisotopic (exact) mass is 222 g/mol. The fourth-order valence-corrected chi connectivity index (χ4v) is 5.67. The first-order valence-electron chi connectivity index (χ1n) is 7.08. The van der Waals surface area contributed by atoms with E-state index in [1.54, 1.807) is 0 Å². The average molecular weight is 222 g/mol. The minimum Gasteiger partial charge on any atom is -0.393 e. The van der Waals surface area contributed by atoms with Gasteiger partial charge in [-0.15, -0.1) is 0 Å². The molecule has 3 fully saturated rings. The van der Waals surface area contributed by atoms with Crippen molar-refractivity contribution < 1.29 is 5.11 Å². The van der Waals surface area contributed by atoms with Crippen molar-refractivity contribution in [2.24, 2.45) is 34.5 Å². The molecule has 3 saturated carbocycles. The molecule has 0 aliphatic heterocycles. The van der Waals surface area contributed by atoms with E-state index in [2.05, 4.69) is 27.7 Å². The smallest absolute Gasteiger partial charge is 0.0573 e. The molecule has 3 aliphatic rings. The molecule has 0 aromatic carbocycles. The summed E-state index contributed by atoms with van der Waals surface area (Å²) in [6, 6.07) is 0. The lowest BCUT2D eigenvalue weighted by molar-refractivity contribution is 0.0600. The lowest BCUT2D eigenvalue weighted by Gasteiger charge is -2.27. The third-order valence-corrected chi connectivity index (χ3v) is 6.89. The molecule has 0 radical (unpaired) electrons. The van der Waals surface area contributed by atoms with Crippen molar-refractivity contribution in [1.29, 1.82) is 0 Å². The minimum absolute atomic E-state index is 0.0112. The zero-order valence-electron chi connectivity index (χ0n) is 11.2. The predicted octanol–water partition coefficient (Wildman–Crippen LogP) is 3.47. The van der Waals surface area contributed by atoms with Crippen molar-refractivity contribution >= 4 is 0 Å². The number of hydrogen-bond donors (Lipinski definition) is 1. The maximum Gasteiger partial charge on any atom is 0.0573 e. The molecule has 3 aliphatic carbocycles. The van der Waals surface area contributed by atoms with E-state index < -0.39 is 0 Å². The molecule has 92 valence electrons.